The Balaban J connectivity index is 0.00000109. The second-order valence-electron chi connectivity index (χ2n) is 5.25. The summed E-state index contributed by atoms with van der Waals surface area (Å²) in [5, 5.41) is 15.0. The van der Waals surface area contributed by atoms with E-state index < -0.39 is 11.7 Å². The van der Waals surface area contributed by atoms with E-state index in [1.807, 2.05) is 13.8 Å². The van der Waals surface area contributed by atoms with E-state index in [1.54, 1.807) is 0 Å². The molecule has 1 aromatic rings. The fraction of sp³-hybridized carbons (Fsp3) is 0.412. The fourth-order valence-corrected chi connectivity index (χ4v) is 2.65. The number of hydrogen-bond donors (Lipinski definition) is 1. The van der Waals surface area contributed by atoms with Crippen molar-refractivity contribution in [3.63, 3.8) is 0 Å². The van der Waals surface area contributed by atoms with Crippen LogP contribution in [0.3, 0.4) is 0 Å². The van der Waals surface area contributed by atoms with Gasteiger partial charge in [0.2, 0.25) is 0 Å². The van der Waals surface area contributed by atoms with Crippen LogP contribution >= 0.6 is 0 Å². The average Bonchev–Trinajstić information content (AvgIpc) is 2.62. The quantitative estimate of drug-likeness (QED) is 0.837. The molecule has 0 amide bonds. The molecule has 0 bridgehead atoms. The van der Waals surface area contributed by atoms with Gasteiger partial charge < -0.3 is 10.5 Å². The monoisotopic (exact) mass is 352 g/mol. The SMILES string of the molecule is CC.N#CC1=C(N)N(c2ccc(C(F)(F)F)cc2)N=C2COCCC21. The molecule has 25 heavy (non-hydrogen) atoms. The summed E-state index contributed by atoms with van der Waals surface area (Å²) < 4.78 is 43.3. The largest absolute Gasteiger partial charge is 0.416 e. The van der Waals surface area contributed by atoms with Crippen LogP contribution in [-0.4, -0.2) is 18.9 Å². The standard InChI is InChI=1S/C15H13F3N4O.C2H6/c16-15(17,18)9-1-3-10(4-2-9)22-14(20)12(7-19)11-5-6-23-8-13(11)21-22;1-2/h1-4,11H,5-6,8,20H2;1-2H3. The first-order valence-electron chi connectivity index (χ1n) is 7.94. The second kappa shape index (κ2) is 7.57. The first kappa shape index (κ1) is 18.8. The predicted molar refractivity (Wildman–Crippen MR) is 88.5 cm³/mol. The summed E-state index contributed by atoms with van der Waals surface area (Å²) in [5.41, 5.74) is 6.64. The number of halogens is 3. The van der Waals surface area contributed by atoms with E-state index >= 15 is 0 Å². The van der Waals surface area contributed by atoms with Crippen molar-refractivity contribution >= 4 is 11.4 Å². The Labute approximate surface area is 144 Å². The van der Waals surface area contributed by atoms with E-state index in [9.17, 15) is 18.4 Å². The van der Waals surface area contributed by atoms with Gasteiger partial charge in [-0.1, -0.05) is 13.8 Å². The molecule has 2 N–H and O–H groups in total. The van der Waals surface area contributed by atoms with E-state index in [2.05, 4.69) is 11.2 Å². The fourth-order valence-electron chi connectivity index (χ4n) is 2.65. The van der Waals surface area contributed by atoms with Crippen LogP contribution in [0.5, 0.6) is 0 Å². The third-order valence-corrected chi connectivity index (χ3v) is 3.84. The molecule has 2 aliphatic rings. The Bertz CT molecular complexity index is 717. The van der Waals surface area contributed by atoms with Crippen LogP contribution in [-0.2, 0) is 10.9 Å². The van der Waals surface area contributed by atoms with Crippen molar-refractivity contribution in [2.24, 2.45) is 16.8 Å². The minimum absolute atomic E-state index is 0.142. The molecule has 2 heterocycles. The molecule has 2 aliphatic heterocycles. The number of anilines is 1. The molecule has 134 valence electrons. The summed E-state index contributed by atoms with van der Waals surface area (Å²) in [7, 11) is 0. The number of nitrogens with two attached hydrogens (primary N) is 1. The molecule has 1 atom stereocenters. The van der Waals surface area contributed by atoms with Crippen molar-refractivity contribution in [2.45, 2.75) is 26.4 Å². The van der Waals surface area contributed by atoms with Crippen LogP contribution in [0.4, 0.5) is 18.9 Å². The van der Waals surface area contributed by atoms with Crippen molar-refractivity contribution in [3.05, 3.63) is 41.2 Å². The third-order valence-electron chi connectivity index (χ3n) is 3.84. The average molecular weight is 352 g/mol. The maximum atomic E-state index is 12.6. The minimum atomic E-state index is -4.41. The maximum Gasteiger partial charge on any atom is 0.416 e. The van der Waals surface area contributed by atoms with E-state index in [0.29, 0.717) is 30.0 Å². The number of rotatable bonds is 1. The van der Waals surface area contributed by atoms with Crippen molar-refractivity contribution in [1.29, 1.82) is 5.26 Å². The summed E-state index contributed by atoms with van der Waals surface area (Å²) >= 11 is 0. The highest BCUT2D eigenvalue weighted by molar-refractivity contribution is 5.94. The molecule has 1 fully saturated rings. The molecule has 5 nitrogen and oxygen atoms in total. The number of fused-ring (bicyclic) bond motifs is 1. The van der Waals surface area contributed by atoms with Crippen molar-refractivity contribution in [2.75, 3.05) is 18.2 Å². The summed E-state index contributed by atoms with van der Waals surface area (Å²) in [5.74, 6) is -0.0395. The van der Waals surface area contributed by atoms with Crippen molar-refractivity contribution < 1.29 is 17.9 Å². The topological polar surface area (TPSA) is 74.6 Å². The second-order valence-corrected chi connectivity index (χ2v) is 5.25. The minimum Gasteiger partial charge on any atom is -0.383 e. The van der Waals surface area contributed by atoms with Gasteiger partial charge in [-0.05, 0) is 30.7 Å². The van der Waals surface area contributed by atoms with Gasteiger partial charge in [0.25, 0.3) is 0 Å². The van der Waals surface area contributed by atoms with Crippen molar-refractivity contribution in [1.82, 2.24) is 0 Å². The van der Waals surface area contributed by atoms with Gasteiger partial charge in [0.05, 0.1) is 35.2 Å². The number of benzene rings is 1. The van der Waals surface area contributed by atoms with Crippen LogP contribution < -0.4 is 10.7 Å². The number of hydrogen-bond acceptors (Lipinski definition) is 5. The van der Waals surface area contributed by atoms with Gasteiger partial charge in [-0.25, -0.2) is 5.01 Å². The zero-order valence-corrected chi connectivity index (χ0v) is 14.0. The molecule has 1 saturated heterocycles. The van der Waals surface area contributed by atoms with Crippen LogP contribution in [0, 0.1) is 17.2 Å². The van der Waals surface area contributed by atoms with E-state index in [-0.39, 0.29) is 18.3 Å². The van der Waals surface area contributed by atoms with Gasteiger partial charge in [0.15, 0.2) is 0 Å². The zero-order valence-electron chi connectivity index (χ0n) is 14.0. The highest BCUT2D eigenvalue weighted by Crippen LogP contribution is 2.34. The Morgan fingerprint density at radius 2 is 1.92 bits per heavy atom. The highest BCUT2D eigenvalue weighted by Gasteiger charge is 2.34. The molecular formula is C17H19F3N4O. The molecule has 0 saturated carbocycles. The lowest BCUT2D eigenvalue weighted by Gasteiger charge is -2.33. The van der Waals surface area contributed by atoms with Gasteiger partial charge in [-0.3, -0.25) is 0 Å². The normalized spacial score (nSPS) is 20.1. The van der Waals surface area contributed by atoms with Crippen LogP contribution in [0.2, 0.25) is 0 Å². The number of nitrogens with zero attached hydrogens (tertiary/aromatic N) is 3. The van der Waals surface area contributed by atoms with Gasteiger partial charge in [-0.15, -0.1) is 0 Å². The molecule has 8 heteroatoms. The number of allylic oxidation sites excluding steroid dienone is 1. The van der Waals surface area contributed by atoms with E-state index in [0.717, 1.165) is 12.1 Å². The Morgan fingerprint density at radius 1 is 1.28 bits per heavy atom. The number of hydrazone groups is 1. The Hall–Kier alpha value is -2.53. The maximum absolute atomic E-state index is 12.6. The first-order chi connectivity index (χ1) is 11.9. The Morgan fingerprint density at radius 3 is 2.48 bits per heavy atom. The molecule has 0 aromatic heterocycles. The van der Waals surface area contributed by atoms with Crippen LogP contribution in [0.15, 0.2) is 40.8 Å². The molecule has 1 unspecified atom stereocenters. The lowest BCUT2D eigenvalue weighted by molar-refractivity contribution is -0.137. The molecular weight excluding hydrogens is 333 g/mol. The van der Waals surface area contributed by atoms with Crippen molar-refractivity contribution in [3.8, 4) is 6.07 Å². The smallest absolute Gasteiger partial charge is 0.383 e. The lowest BCUT2D eigenvalue weighted by atomic mass is 9.89. The zero-order chi connectivity index (χ0) is 18.6. The number of nitriles is 1. The summed E-state index contributed by atoms with van der Waals surface area (Å²) in [6, 6.07) is 6.55. The van der Waals surface area contributed by atoms with Crippen LogP contribution in [0.25, 0.3) is 0 Å². The first-order valence-corrected chi connectivity index (χ1v) is 7.94. The molecule has 0 spiro atoms. The molecule has 1 aromatic carbocycles. The van der Waals surface area contributed by atoms with Gasteiger partial charge in [0.1, 0.15) is 5.82 Å². The van der Waals surface area contributed by atoms with E-state index in [4.69, 9.17) is 10.5 Å². The predicted octanol–water partition coefficient (Wildman–Crippen LogP) is 3.64. The Kier molecular flexibility index (Phi) is 5.69. The molecule has 0 aliphatic carbocycles. The summed E-state index contributed by atoms with van der Waals surface area (Å²) in [6.45, 7) is 4.79. The lowest BCUT2D eigenvalue weighted by Crippen LogP contribution is -2.39. The van der Waals surface area contributed by atoms with Gasteiger partial charge >= 0.3 is 6.18 Å². The highest BCUT2D eigenvalue weighted by atomic mass is 19.4. The van der Waals surface area contributed by atoms with E-state index in [1.165, 1.54) is 17.1 Å². The molecule has 3 rings (SSSR count). The molecule has 0 radical (unpaired) electrons. The summed E-state index contributed by atoms with van der Waals surface area (Å²) in [4.78, 5) is 0. The number of alkyl halides is 3. The third kappa shape index (κ3) is 3.77. The van der Waals surface area contributed by atoms with Gasteiger partial charge in [0, 0.05) is 12.5 Å². The van der Waals surface area contributed by atoms with Gasteiger partial charge in [-0.2, -0.15) is 23.5 Å². The van der Waals surface area contributed by atoms with Crippen LogP contribution in [0.1, 0.15) is 25.8 Å². The summed E-state index contributed by atoms with van der Waals surface area (Å²) in [6.07, 6.45) is -3.79. The number of ether oxygens (including phenoxy) is 1.